The zero-order valence-electron chi connectivity index (χ0n) is 9.17. The van der Waals surface area contributed by atoms with Crippen LogP contribution >= 0.6 is 0 Å². The highest BCUT2D eigenvalue weighted by molar-refractivity contribution is 5.89. The summed E-state index contributed by atoms with van der Waals surface area (Å²) in [7, 11) is 1.70. The lowest BCUT2D eigenvalue weighted by molar-refractivity contribution is 0.224. The number of hydrogen-bond donors (Lipinski definition) is 1. The average molecular weight is 210 g/mol. The number of nitrogens with zero attached hydrogens (tertiary/aromatic N) is 1. The van der Waals surface area contributed by atoms with E-state index in [0.717, 1.165) is 0 Å². The Balaban J connectivity index is 2.77. The third kappa shape index (κ3) is 2.94. The van der Waals surface area contributed by atoms with Gasteiger partial charge in [-0.15, -0.1) is 0 Å². The van der Waals surface area contributed by atoms with Gasteiger partial charge < -0.3 is 10.2 Å². The normalized spacial score (nSPS) is 9.87. The van der Waals surface area contributed by atoms with Crippen molar-refractivity contribution >= 4 is 11.7 Å². The van der Waals surface area contributed by atoms with Crippen LogP contribution in [0.1, 0.15) is 12.5 Å². The van der Waals surface area contributed by atoms with Crippen molar-refractivity contribution in [2.24, 2.45) is 0 Å². The molecule has 1 rings (SSSR count). The van der Waals surface area contributed by atoms with Crippen LogP contribution in [0.3, 0.4) is 0 Å². The van der Waals surface area contributed by atoms with Gasteiger partial charge in [0.25, 0.3) is 0 Å². The molecule has 0 heterocycles. The fraction of sp³-hybridized carbons (Fsp3) is 0.364. The SMILES string of the molecule is CCN(C)C(=O)Nc1ccc(F)cc1C. The Bertz CT molecular complexity index is 366. The Morgan fingerprint density at radius 2 is 2.20 bits per heavy atom. The number of rotatable bonds is 2. The molecule has 82 valence electrons. The van der Waals surface area contributed by atoms with Crippen molar-refractivity contribution in [1.82, 2.24) is 4.90 Å². The summed E-state index contributed by atoms with van der Waals surface area (Å²) in [5.41, 5.74) is 1.36. The van der Waals surface area contributed by atoms with Crippen molar-refractivity contribution < 1.29 is 9.18 Å². The van der Waals surface area contributed by atoms with Gasteiger partial charge in [-0.3, -0.25) is 0 Å². The molecular formula is C11H15FN2O. The molecule has 0 aliphatic heterocycles. The Morgan fingerprint density at radius 1 is 1.53 bits per heavy atom. The minimum atomic E-state index is -0.297. The fourth-order valence-electron chi connectivity index (χ4n) is 1.12. The van der Waals surface area contributed by atoms with E-state index in [2.05, 4.69) is 5.32 Å². The molecule has 0 saturated heterocycles. The molecule has 0 spiro atoms. The third-order valence-electron chi connectivity index (χ3n) is 2.25. The predicted octanol–water partition coefficient (Wildman–Crippen LogP) is 2.62. The minimum Gasteiger partial charge on any atom is -0.328 e. The lowest BCUT2D eigenvalue weighted by Gasteiger charge is -2.16. The first kappa shape index (κ1) is 11.5. The smallest absolute Gasteiger partial charge is 0.321 e. The molecular weight excluding hydrogens is 195 g/mol. The second kappa shape index (κ2) is 4.77. The van der Waals surface area contributed by atoms with Gasteiger partial charge in [0.1, 0.15) is 5.82 Å². The molecule has 0 aliphatic carbocycles. The number of nitrogens with one attached hydrogen (secondary N) is 1. The van der Waals surface area contributed by atoms with Crippen LogP contribution in [-0.2, 0) is 0 Å². The number of anilines is 1. The van der Waals surface area contributed by atoms with E-state index in [1.807, 2.05) is 6.92 Å². The molecule has 0 unspecified atom stereocenters. The fourth-order valence-corrected chi connectivity index (χ4v) is 1.12. The van der Waals surface area contributed by atoms with Gasteiger partial charge in [0.05, 0.1) is 0 Å². The highest BCUT2D eigenvalue weighted by Gasteiger charge is 2.08. The Labute approximate surface area is 88.9 Å². The van der Waals surface area contributed by atoms with Gasteiger partial charge >= 0.3 is 6.03 Å². The zero-order valence-corrected chi connectivity index (χ0v) is 9.17. The quantitative estimate of drug-likeness (QED) is 0.799. The summed E-state index contributed by atoms with van der Waals surface area (Å²) >= 11 is 0. The maximum absolute atomic E-state index is 12.8. The van der Waals surface area contributed by atoms with Crippen molar-refractivity contribution in [3.05, 3.63) is 29.6 Å². The first-order chi connectivity index (χ1) is 7.04. The van der Waals surface area contributed by atoms with Crippen LogP contribution in [0.15, 0.2) is 18.2 Å². The Hall–Kier alpha value is -1.58. The van der Waals surface area contributed by atoms with Crippen molar-refractivity contribution in [2.45, 2.75) is 13.8 Å². The van der Waals surface area contributed by atoms with Crippen LogP contribution in [0, 0.1) is 12.7 Å². The van der Waals surface area contributed by atoms with Crippen LogP contribution in [-0.4, -0.2) is 24.5 Å². The Morgan fingerprint density at radius 3 is 2.73 bits per heavy atom. The van der Waals surface area contributed by atoms with E-state index >= 15 is 0 Å². The van der Waals surface area contributed by atoms with Crippen LogP contribution in [0.25, 0.3) is 0 Å². The summed E-state index contributed by atoms with van der Waals surface area (Å²) in [6, 6.07) is 4.09. The number of amides is 2. The van der Waals surface area contributed by atoms with Crippen molar-refractivity contribution in [3.8, 4) is 0 Å². The highest BCUT2D eigenvalue weighted by Crippen LogP contribution is 2.15. The summed E-state index contributed by atoms with van der Waals surface area (Å²) in [4.78, 5) is 13.0. The zero-order chi connectivity index (χ0) is 11.4. The lowest BCUT2D eigenvalue weighted by atomic mass is 10.2. The molecule has 0 fully saturated rings. The number of urea groups is 1. The highest BCUT2D eigenvalue weighted by atomic mass is 19.1. The minimum absolute atomic E-state index is 0.188. The van der Waals surface area contributed by atoms with Crippen molar-refractivity contribution in [1.29, 1.82) is 0 Å². The number of benzene rings is 1. The molecule has 3 nitrogen and oxygen atoms in total. The van der Waals surface area contributed by atoms with Crippen molar-refractivity contribution in [3.63, 3.8) is 0 Å². The first-order valence-electron chi connectivity index (χ1n) is 4.83. The lowest BCUT2D eigenvalue weighted by Crippen LogP contribution is -2.31. The van der Waals surface area contributed by atoms with Crippen molar-refractivity contribution in [2.75, 3.05) is 18.9 Å². The number of hydrogen-bond acceptors (Lipinski definition) is 1. The summed E-state index contributed by atoms with van der Waals surface area (Å²) in [5.74, 6) is -0.297. The number of halogens is 1. The molecule has 0 bridgehead atoms. The molecule has 4 heteroatoms. The first-order valence-corrected chi connectivity index (χ1v) is 4.83. The molecule has 0 saturated carbocycles. The summed E-state index contributed by atoms with van der Waals surface area (Å²) < 4.78 is 12.8. The molecule has 0 aromatic heterocycles. The van der Waals surface area contributed by atoms with Gasteiger partial charge in [-0.25, -0.2) is 9.18 Å². The van der Waals surface area contributed by atoms with Crippen LogP contribution in [0.5, 0.6) is 0 Å². The largest absolute Gasteiger partial charge is 0.328 e. The second-order valence-electron chi connectivity index (χ2n) is 3.40. The standard InChI is InChI=1S/C11H15FN2O/c1-4-14(3)11(15)13-10-6-5-9(12)7-8(10)2/h5-7H,4H2,1-3H3,(H,13,15). The topological polar surface area (TPSA) is 32.3 Å². The van der Waals surface area contributed by atoms with Crippen LogP contribution in [0.2, 0.25) is 0 Å². The Kier molecular flexibility index (Phi) is 3.66. The van der Waals surface area contributed by atoms with Crippen LogP contribution in [0.4, 0.5) is 14.9 Å². The summed E-state index contributed by atoms with van der Waals surface area (Å²) in [6.45, 7) is 4.27. The van der Waals surface area contributed by atoms with E-state index in [0.29, 0.717) is 17.8 Å². The van der Waals surface area contributed by atoms with E-state index in [-0.39, 0.29) is 11.8 Å². The van der Waals surface area contributed by atoms with E-state index < -0.39 is 0 Å². The average Bonchev–Trinajstić information content (AvgIpc) is 2.20. The van der Waals surface area contributed by atoms with E-state index in [4.69, 9.17) is 0 Å². The van der Waals surface area contributed by atoms with Gasteiger partial charge in [0, 0.05) is 19.3 Å². The summed E-state index contributed by atoms with van der Waals surface area (Å²) in [5, 5.41) is 2.71. The van der Waals surface area contributed by atoms with Crippen LogP contribution < -0.4 is 5.32 Å². The van der Waals surface area contributed by atoms with E-state index in [1.165, 1.54) is 12.1 Å². The van der Waals surface area contributed by atoms with Gasteiger partial charge in [-0.1, -0.05) is 0 Å². The molecule has 0 aliphatic rings. The maximum atomic E-state index is 12.8. The van der Waals surface area contributed by atoms with Gasteiger partial charge in [-0.05, 0) is 37.6 Å². The molecule has 0 radical (unpaired) electrons. The number of aryl methyl sites for hydroxylation is 1. The summed E-state index contributed by atoms with van der Waals surface area (Å²) in [6.07, 6.45) is 0. The second-order valence-corrected chi connectivity index (χ2v) is 3.40. The third-order valence-corrected chi connectivity index (χ3v) is 2.25. The number of carbonyl (C=O) groups excluding carboxylic acids is 1. The molecule has 1 aromatic carbocycles. The predicted molar refractivity (Wildman–Crippen MR) is 58.5 cm³/mol. The molecule has 0 atom stereocenters. The van der Waals surface area contributed by atoms with Gasteiger partial charge in [-0.2, -0.15) is 0 Å². The molecule has 2 amide bonds. The van der Waals surface area contributed by atoms with Gasteiger partial charge in [0.15, 0.2) is 0 Å². The van der Waals surface area contributed by atoms with E-state index in [9.17, 15) is 9.18 Å². The number of carbonyl (C=O) groups is 1. The monoisotopic (exact) mass is 210 g/mol. The maximum Gasteiger partial charge on any atom is 0.321 e. The molecule has 1 N–H and O–H groups in total. The van der Waals surface area contributed by atoms with E-state index in [1.54, 1.807) is 24.9 Å². The van der Waals surface area contributed by atoms with Gasteiger partial charge in [0.2, 0.25) is 0 Å². The molecule has 15 heavy (non-hydrogen) atoms. The molecule has 1 aromatic rings.